The molecule has 1 heterocycles. The Morgan fingerprint density at radius 3 is 2.78 bits per heavy atom. The minimum absolute atomic E-state index is 0.0895. The van der Waals surface area contributed by atoms with Gasteiger partial charge in [-0.3, -0.25) is 5.41 Å². The second-order valence-electron chi connectivity index (χ2n) is 5.15. The molecule has 0 bridgehead atoms. The van der Waals surface area contributed by atoms with Gasteiger partial charge >= 0.3 is 0 Å². The molecule has 0 aliphatic rings. The highest BCUT2D eigenvalue weighted by molar-refractivity contribution is 5.90. The molecule has 0 aliphatic carbocycles. The number of pyridine rings is 1. The Balaban J connectivity index is 1.95. The van der Waals surface area contributed by atoms with Gasteiger partial charge in [0.15, 0.2) is 5.96 Å². The summed E-state index contributed by atoms with van der Waals surface area (Å²) in [5, 5.41) is 22.5. The number of nitriles is 1. The van der Waals surface area contributed by atoms with Crippen molar-refractivity contribution in [2.75, 3.05) is 5.32 Å². The Kier molecular flexibility index (Phi) is 5.53. The molecule has 6 nitrogen and oxygen atoms in total. The van der Waals surface area contributed by atoms with Crippen molar-refractivity contribution in [1.29, 1.82) is 10.7 Å². The number of aromatic nitrogens is 1. The highest BCUT2D eigenvalue weighted by Crippen LogP contribution is 2.19. The molecule has 6 heteroatoms. The number of para-hydroxylation sites is 1. The summed E-state index contributed by atoms with van der Waals surface area (Å²) in [6.07, 6.45) is 0.0895. The number of hydrogen-bond acceptors (Lipinski definition) is 4. The maximum absolute atomic E-state index is 8.83. The zero-order valence-electron chi connectivity index (χ0n) is 13.1. The second kappa shape index (κ2) is 7.80. The first-order valence-electron chi connectivity index (χ1n) is 7.29. The molecule has 0 unspecified atom stereocenters. The predicted octanol–water partition coefficient (Wildman–Crippen LogP) is 2.88. The fraction of sp³-hybridized carbons (Fsp3) is 0.235. The molecule has 0 fully saturated rings. The van der Waals surface area contributed by atoms with Gasteiger partial charge < -0.3 is 15.4 Å². The van der Waals surface area contributed by atoms with Crippen molar-refractivity contribution < 1.29 is 4.74 Å². The summed E-state index contributed by atoms with van der Waals surface area (Å²) in [4.78, 5) is 4.07. The van der Waals surface area contributed by atoms with Gasteiger partial charge in [0.25, 0.3) is 0 Å². The van der Waals surface area contributed by atoms with Crippen LogP contribution in [0.1, 0.15) is 25.1 Å². The van der Waals surface area contributed by atoms with Crippen molar-refractivity contribution in [2.45, 2.75) is 26.5 Å². The molecule has 0 aliphatic heterocycles. The smallest absolute Gasteiger partial charge is 0.194 e. The molecular formula is C17H19N5O. The van der Waals surface area contributed by atoms with Gasteiger partial charge in [0.1, 0.15) is 23.3 Å². The van der Waals surface area contributed by atoms with E-state index >= 15 is 0 Å². The highest BCUT2D eigenvalue weighted by Gasteiger charge is 2.06. The third-order valence-corrected chi connectivity index (χ3v) is 2.91. The van der Waals surface area contributed by atoms with Gasteiger partial charge in [0.2, 0.25) is 0 Å². The topological polar surface area (TPSA) is 93.8 Å². The van der Waals surface area contributed by atoms with Gasteiger partial charge in [-0.25, -0.2) is 4.98 Å². The molecule has 23 heavy (non-hydrogen) atoms. The first-order valence-corrected chi connectivity index (χ1v) is 7.29. The normalized spacial score (nSPS) is 10.0. The highest BCUT2D eigenvalue weighted by atomic mass is 16.5. The predicted molar refractivity (Wildman–Crippen MR) is 89.3 cm³/mol. The largest absolute Gasteiger partial charge is 0.491 e. The Hall–Kier alpha value is -3.07. The van der Waals surface area contributed by atoms with Crippen molar-refractivity contribution in [2.24, 2.45) is 0 Å². The molecule has 0 spiro atoms. The summed E-state index contributed by atoms with van der Waals surface area (Å²) in [5.74, 6) is 1.35. The molecule has 1 aromatic carbocycles. The Morgan fingerprint density at radius 1 is 1.26 bits per heavy atom. The van der Waals surface area contributed by atoms with Crippen molar-refractivity contribution in [3.8, 4) is 11.8 Å². The number of anilines is 1. The van der Waals surface area contributed by atoms with Crippen LogP contribution in [0.3, 0.4) is 0 Å². The van der Waals surface area contributed by atoms with Crippen LogP contribution in [-0.2, 0) is 6.54 Å². The molecule has 0 atom stereocenters. The minimum atomic E-state index is 0.0895. The molecule has 0 amide bonds. The van der Waals surface area contributed by atoms with E-state index in [1.165, 1.54) is 0 Å². The van der Waals surface area contributed by atoms with E-state index in [2.05, 4.69) is 15.6 Å². The Bertz CT molecular complexity index is 721. The van der Waals surface area contributed by atoms with Gasteiger partial charge in [0.05, 0.1) is 6.10 Å². The first-order chi connectivity index (χ1) is 11.1. The van der Waals surface area contributed by atoms with Crippen LogP contribution < -0.4 is 15.4 Å². The van der Waals surface area contributed by atoms with Gasteiger partial charge in [-0.05, 0) is 32.0 Å². The standard InChI is InChI=1S/C17H19N5O/c1-12(2)23-15-8-4-3-6-13(15)11-20-17(19)22-16-9-5-7-14(10-18)21-16/h3-9,12H,11H2,1-2H3,(H3,19,20,21,22). The molecule has 2 aromatic rings. The van der Waals surface area contributed by atoms with Crippen LogP contribution in [-0.4, -0.2) is 17.0 Å². The van der Waals surface area contributed by atoms with Crippen LogP contribution in [0.5, 0.6) is 5.75 Å². The fourth-order valence-corrected chi connectivity index (χ4v) is 1.94. The monoisotopic (exact) mass is 309 g/mol. The molecule has 0 radical (unpaired) electrons. The lowest BCUT2D eigenvalue weighted by atomic mass is 10.2. The lowest BCUT2D eigenvalue weighted by molar-refractivity contribution is 0.240. The summed E-state index contributed by atoms with van der Waals surface area (Å²) >= 11 is 0. The van der Waals surface area contributed by atoms with Crippen molar-refractivity contribution in [1.82, 2.24) is 10.3 Å². The molecule has 0 saturated heterocycles. The van der Waals surface area contributed by atoms with Gasteiger partial charge in [-0.15, -0.1) is 0 Å². The number of hydrogen-bond donors (Lipinski definition) is 3. The number of benzene rings is 1. The van der Waals surface area contributed by atoms with E-state index in [1.807, 2.05) is 44.2 Å². The van der Waals surface area contributed by atoms with Crippen molar-refractivity contribution >= 4 is 11.8 Å². The van der Waals surface area contributed by atoms with Gasteiger partial charge in [-0.1, -0.05) is 24.3 Å². The Labute approximate surface area is 135 Å². The van der Waals surface area contributed by atoms with Crippen LogP contribution >= 0.6 is 0 Å². The molecule has 2 rings (SSSR count). The summed E-state index contributed by atoms with van der Waals surface area (Å²) in [6, 6.07) is 14.7. The quantitative estimate of drug-likeness (QED) is 0.583. The molecular weight excluding hydrogens is 290 g/mol. The third-order valence-electron chi connectivity index (χ3n) is 2.91. The SMILES string of the molecule is CC(C)Oc1ccccc1CNC(=N)Nc1cccc(C#N)n1. The molecule has 1 aromatic heterocycles. The summed E-state index contributed by atoms with van der Waals surface area (Å²) in [7, 11) is 0. The summed E-state index contributed by atoms with van der Waals surface area (Å²) in [6.45, 7) is 4.40. The number of rotatable bonds is 5. The zero-order valence-corrected chi connectivity index (χ0v) is 13.1. The number of nitrogens with zero attached hydrogens (tertiary/aromatic N) is 2. The second-order valence-corrected chi connectivity index (χ2v) is 5.15. The number of guanidine groups is 1. The van der Waals surface area contributed by atoms with Crippen LogP contribution in [0.4, 0.5) is 5.82 Å². The maximum Gasteiger partial charge on any atom is 0.194 e. The third kappa shape index (κ3) is 5.00. The molecule has 3 N–H and O–H groups in total. The van der Waals surface area contributed by atoms with E-state index in [0.717, 1.165) is 11.3 Å². The average molecular weight is 309 g/mol. The average Bonchev–Trinajstić information content (AvgIpc) is 2.53. The van der Waals surface area contributed by atoms with E-state index in [1.54, 1.807) is 18.2 Å². The minimum Gasteiger partial charge on any atom is -0.491 e. The zero-order chi connectivity index (χ0) is 16.7. The van der Waals surface area contributed by atoms with E-state index < -0.39 is 0 Å². The van der Waals surface area contributed by atoms with E-state index in [4.69, 9.17) is 15.4 Å². The van der Waals surface area contributed by atoms with Crippen LogP contribution in [0, 0.1) is 16.7 Å². The molecule has 0 saturated carbocycles. The summed E-state index contributed by atoms with van der Waals surface area (Å²) in [5.41, 5.74) is 1.27. The van der Waals surface area contributed by atoms with E-state index in [-0.39, 0.29) is 12.1 Å². The van der Waals surface area contributed by atoms with Crippen molar-refractivity contribution in [3.05, 3.63) is 53.7 Å². The lowest BCUT2D eigenvalue weighted by Gasteiger charge is -2.15. The summed E-state index contributed by atoms with van der Waals surface area (Å²) < 4.78 is 5.75. The number of ether oxygens (including phenoxy) is 1. The van der Waals surface area contributed by atoms with Crippen molar-refractivity contribution in [3.63, 3.8) is 0 Å². The number of nitrogens with one attached hydrogen (secondary N) is 3. The lowest BCUT2D eigenvalue weighted by Crippen LogP contribution is -2.29. The van der Waals surface area contributed by atoms with Crippen LogP contribution in [0.25, 0.3) is 0 Å². The maximum atomic E-state index is 8.83. The van der Waals surface area contributed by atoms with E-state index in [0.29, 0.717) is 18.1 Å². The fourth-order valence-electron chi connectivity index (χ4n) is 1.94. The molecule has 118 valence electrons. The first kappa shape index (κ1) is 16.3. The van der Waals surface area contributed by atoms with Crippen LogP contribution in [0.15, 0.2) is 42.5 Å². The van der Waals surface area contributed by atoms with Gasteiger partial charge in [0, 0.05) is 12.1 Å². The van der Waals surface area contributed by atoms with Crippen LogP contribution in [0.2, 0.25) is 0 Å². The van der Waals surface area contributed by atoms with E-state index in [9.17, 15) is 0 Å². The Morgan fingerprint density at radius 2 is 2.04 bits per heavy atom. The van der Waals surface area contributed by atoms with Gasteiger partial charge in [-0.2, -0.15) is 5.26 Å².